The van der Waals surface area contributed by atoms with Crippen LogP contribution < -0.4 is 21.7 Å². The van der Waals surface area contributed by atoms with Crippen LogP contribution >= 0.6 is 11.3 Å². The average molecular weight is 587 g/mol. The molecule has 1 fully saturated rings. The van der Waals surface area contributed by atoms with Crippen molar-refractivity contribution in [2.24, 2.45) is 5.73 Å². The van der Waals surface area contributed by atoms with E-state index in [9.17, 15) is 14.4 Å². The van der Waals surface area contributed by atoms with Crippen molar-refractivity contribution in [1.29, 1.82) is 0 Å². The Labute approximate surface area is 248 Å². The van der Waals surface area contributed by atoms with Gasteiger partial charge in [-0.15, -0.1) is 0 Å². The molecule has 3 amide bonds. The molecule has 10 nitrogen and oxygen atoms in total. The number of likely N-dealkylation sites (tertiary alicyclic amines) is 1. The molecule has 5 rings (SSSR count). The van der Waals surface area contributed by atoms with E-state index in [1.165, 1.54) is 0 Å². The molecular weight excluding hydrogens is 552 g/mol. The summed E-state index contributed by atoms with van der Waals surface area (Å²) in [6.45, 7) is 7.78. The summed E-state index contributed by atoms with van der Waals surface area (Å²) in [6.07, 6.45) is 0.441. The van der Waals surface area contributed by atoms with E-state index in [1.54, 1.807) is 12.1 Å². The van der Waals surface area contributed by atoms with Gasteiger partial charge in [-0.05, 0) is 67.8 Å². The Bertz CT molecular complexity index is 1610. The maximum absolute atomic E-state index is 13.0. The Kier molecular flexibility index (Phi) is 8.41. The SMILES string of the molecule is CC(C)(C)OC(=O)N[C@H]1CCN(Cc2ccc(C(=O)Nc3sc(Nc4ccc5ccccc5c4)nc3C(N)=O)cc2)C1. The summed E-state index contributed by atoms with van der Waals surface area (Å²) in [5.74, 6) is -1.10. The monoisotopic (exact) mass is 586 g/mol. The van der Waals surface area contributed by atoms with Crippen molar-refractivity contribution in [3.8, 4) is 0 Å². The van der Waals surface area contributed by atoms with E-state index in [0.717, 1.165) is 52.9 Å². The number of hydrogen-bond acceptors (Lipinski definition) is 8. The number of rotatable bonds is 8. The van der Waals surface area contributed by atoms with Gasteiger partial charge < -0.3 is 26.4 Å². The maximum Gasteiger partial charge on any atom is 0.407 e. The molecule has 1 saturated heterocycles. The van der Waals surface area contributed by atoms with Gasteiger partial charge in [0.2, 0.25) is 0 Å². The van der Waals surface area contributed by atoms with Gasteiger partial charge in [0.05, 0.1) is 0 Å². The highest BCUT2D eigenvalue weighted by molar-refractivity contribution is 7.20. The van der Waals surface area contributed by atoms with Gasteiger partial charge in [-0.1, -0.05) is 53.8 Å². The van der Waals surface area contributed by atoms with E-state index in [-0.39, 0.29) is 22.6 Å². The molecule has 11 heteroatoms. The summed E-state index contributed by atoms with van der Waals surface area (Å²) in [4.78, 5) is 43.8. The molecule has 1 aliphatic rings. The van der Waals surface area contributed by atoms with E-state index in [4.69, 9.17) is 10.5 Å². The Morgan fingerprint density at radius 1 is 1.05 bits per heavy atom. The normalized spacial score (nSPS) is 15.4. The number of hydrogen-bond donors (Lipinski definition) is 4. The topological polar surface area (TPSA) is 139 Å². The van der Waals surface area contributed by atoms with Crippen LogP contribution in [0, 0.1) is 0 Å². The molecular formula is C31H34N6O4S. The second-order valence-electron chi connectivity index (χ2n) is 11.3. The number of nitrogens with one attached hydrogen (secondary N) is 3. The zero-order chi connectivity index (χ0) is 29.9. The summed E-state index contributed by atoms with van der Waals surface area (Å²) in [5.41, 5.74) is 7.31. The minimum absolute atomic E-state index is 0.00293. The molecule has 0 unspecified atom stereocenters. The lowest BCUT2D eigenvalue weighted by Gasteiger charge is -2.22. The van der Waals surface area contributed by atoms with Crippen molar-refractivity contribution >= 4 is 55.8 Å². The lowest BCUT2D eigenvalue weighted by molar-refractivity contribution is 0.0505. The van der Waals surface area contributed by atoms with Crippen molar-refractivity contribution in [2.45, 2.75) is 45.4 Å². The molecule has 1 atom stereocenters. The number of aromatic nitrogens is 1. The van der Waals surface area contributed by atoms with Gasteiger partial charge in [0.1, 0.15) is 10.6 Å². The Morgan fingerprint density at radius 2 is 1.79 bits per heavy atom. The predicted octanol–water partition coefficient (Wildman–Crippen LogP) is 5.49. The lowest BCUT2D eigenvalue weighted by atomic mass is 10.1. The number of nitrogens with zero attached hydrogens (tertiary/aromatic N) is 2. The van der Waals surface area contributed by atoms with Gasteiger partial charge in [-0.2, -0.15) is 0 Å². The number of primary amides is 1. The largest absolute Gasteiger partial charge is 0.444 e. The van der Waals surface area contributed by atoms with E-state index in [1.807, 2.05) is 75.4 Å². The van der Waals surface area contributed by atoms with E-state index >= 15 is 0 Å². The first-order valence-corrected chi connectivity index (χ1v) is 14.5. The molecule has 4 aromatic rings. The number of alkyl carbamates (subject to hydrolysis) is 1. The van der Waals surface area contributed by atoms with Gasteiger partial charge in [-0.3, -0.25) is 14.5 Å². The summed E-state index contributed by atoms with van der Waals surface area (Å²) >= 11 is 1.14. The van der Waals surface area contributed by atoms with Crippen LogP contribution in [0.4, 0.5) is 20.6 Å². The van der Waals surface area contributed by atoms with Crippen LogP contribution in [0.1, 0.15) is 53.6 Å². The number of carbonyl (C=O) groups excluding carboxylic acids is 3. The number of anilines is 3. The summed E-state index contributed by atoms with van der Waals surface area (Å²) < 4.78 is 5.35. The quantitative estimate of drug-likeness (QED) is 0.214. The smallest absolute Gasteiger partial charge is 0.407 e. The Morgan fingerprint density at radius 3 is 2.50 bits per heavy atom. The van der Waals surface area contributed by atoms with Crippen LogP contribution in [0.15, 0.2) is 66.7 Å². The van der Waals surface area contributed by atoms with Crippen molar-refractivity contribution in [1.82, 2.24) is 15.2 Å². The fourth-order valence-electron chi connectivity index (χ4n) is 4.78. The molecule has 2 heterocycles. The summed E-state index contributed by atoms with van der Waals surface area (Å²) in [6, 6.07) is 21.2. The van der Waals surface area contributed by atoms with Crippen molar-refractivity contribution in [3.63, 3.8) is 0 Å². The van der Waals surface area contributed by atoms with Gasteiger partial charge in [0, 0.05) is 36.9 Å². The second kappa shape index (κ2) is 12.2. The molecule has 0 saturated carbocycles. The van der Waals surface area contributed by atoms with Gasteiger partial charge in [0.15, 0.2) is 10.8 Å². The summed E-state index contributed by atoms with van der Waals surface area (Å²) in [7, 11) is 0. The minimum Gasteiger partial charge on any atom is -0.444 e. The van der Waals surface area contributed by atoms with Crippen molar-refractivity contribution < 1.29 is 19.1 Å². The van der Waals surface area contributed by atoms with Crippen LogP contribution in [0.5, 0.6) is 0 Å². The number of fused-ring (bicyclic) bond motifs is 1. The highest BCUT2D eigenvalue weighted by Crippen LogP contribution is 2.32. The number of thiazole rings is 1. The molecule has 0 aliphatic carbocycles. The zero-order valence-corrected chi connectivity index (χ0v) is 24.6. The molecule has 0 spiro atoms. The van der Waals surface area contributed by atoms with Gasteiger partial charge in [-0.25, -0.2) is 9.78 Å². The lowest BCUT2D eigenvalue weighted by Crippen LogP contribution is -2.40. The van der Waals surface area contributed by atoms with Gasteiger partial charge >= 0.3 is 6.09 Å². The maximum atomic E-state index is 13.0. The molecule has 0 bridgehead atoms. The number of carbonyl (C=O) groups is 3. The molecule has 1 aromatic heterocycles. The second-order valence-corrected chi connectivity index (χ2v) is 12.3. The zero-order valence-electron chi connectivity index (χ0n) is 23.8. The van der Waals surface area contributed by atoms with Crippen LogP contribution in [0.25, 0.3) is 10.8 Å². The van der Waals surface area contributed by atoms with E-state index in [2.05, 4.69) is 25.8 Å². The number of benzene rings is 3. The third kappa shape index (κ3) is 7.42. The first-order chi connectivity index (χ1) is 20.0. The molecule has 42 heavy (non-hydrogen) atoms. The number of nitrogens with two attached hydrogens (primary N) is 1. The molecule has 5 N–H and O–H groups in total. The van der Waals surface area contributed by atoms with Gasteiger partial charge in [0.25, 0.3) is 11.8 Å². The van der Waals surface area contributed by atoms with E-state index in [0.29, 0.717) is 17.2 Å². The van der Waals surface area contributed by atoms with Crippen LogP contribution in [-0.4, -0.2) is 52.5 Å². The van der Waals surface area contributed by atoms with E-state index < -0.39 is 17.6 Å². The minimum atomic E-state index is -0.728. The standard InChI is InChI=1S/C31H34N6O4S/c1-31(2,3)41-30(40)34-24-14-15-37(18-24)17-19-8-10-21(11-9-19)27(39)36-28-25(26(32)38)35-29(42-28)33-23-13-12-20-6-4-5-7-22(20)16-23/h4-13,16,24H,14-15,17-18H2,1-3H3,(H2,32,38)(H,33,35)(H,34,40)(H,36,39)/t24-/m0/s1. The highest BCUT2D eigenvalue weighted by atomic mass is 32.1. The Balaban J connectivity index is 1.18. The summed E-state index contributed by atoms with van der Waals surface area (Å²) in [5, 5.41) is 11.8. The molecule has 1 aliphatic heterocycles. The first-order valence-electron chi connectivity index (χ1n) is 13.7. The molecule has 218 valence electrons. The first kappa shape index (κ1) is 29.0. The number of ether oxygens (including phenoxy) is 1. The van der Waals surface area contributed by atoms with Crippen LogP contribution in [-0.2, 0) is 11.3 Å². The average Bonchev–Trinajstić information content (AvgIpc) is 3.54. The third-order valence-electron chi connectivity index (χ3n) is 6.70. The fraction of sp³-hybridized carbons (Fsp3) is 0.290. The number of amides is 3. The van der Waals surface area contributed by atoms with Crippen molar-refractivity contribution in [2.75, 3.05) is 23.7 Å². The van der Waals surface area contributed by atoms with Crippen LogP contribution in [0.3, 0.4) is 0 Å². The van der Waals surface area contributed by atoms with Crippen LogP contribution in [0.2, 0.25) is 0 Å². The fourth-order valence-corrected chi connectivity index (χ4v) is 5.66. The predicted molar refractivity (Wildman–Crippen MR) is 165 cm³/mol. The Hall–Kier alpha value is -4.48. The van der Waals surface area contributed by atoms with Crippen molar-refractivity contribution in [3.05, 3.63) is 83.6 Å². The molecule has 3 aromatic carbocycles. The third-order valence-corrected chi connectivity index (χ3v) is 7.59. The highest BCUT2D eigenvalue weighted by Gasteiger charge is 2.26. The molecule has 0 radical (unpaired) electrons.